The third-order valence-electron chi connectivity index (χ3n) is 4.66. The number of esters is 1. The summed E-state index contributed by atoms with van der Waals surface area (Å²) in [5.74, 6) is -1.08. The van der Waals surface area contributed by atoms with Gasteiger partial charge in [0.2, 0.25) is 10.0 Å². The lowest BCUT2D eigenvalue weighted by Gasteiger charge is -2.30. The zero-order valence-corrected chi connectivity index (χ0v) is 17.4. The molecule has 0 aliphatic heterocycles. The summed E-state index contributed by atoms with van der Waals surface area (Å²) in [6, 6.07) is 6.03. The molecule has 8 heteroatoms. The van der Waals surface area contributed by atoms with Gasteiger partial charge in [-0.15, -0.1) is 0 Å². The molecule has 7 nitrogen and oxygen atoms in total. The van der Waals surface area contributed by atoms with Crippen LogP contribution in [0.2, 0.25) is 0 Å². The highest BCUT2D eigenvalue weighted by molar-refractivity contribution is 7.89. The Hall–Kier alpha value is -2.19. The summed E-state index contributed by atoms with van der Waals surface area (Å²) in [6.07, 6.45) is 6.32. The molecule has 0 unspecified atom stereocenters. The van der Waals surface area contributed by atoms with Gasteiger partial charge < -0.3 is 10.1 Å². The molecule has 1 aliphatic carbocycles. The van der Waals surface area contributed by atoms with E-state index in [1.165, 1.54) is 34.6 Å². The minimum absolute atomic E-state index is 0.0358. The van der Waals surface area contributed by atoms with E-state index < -0.39 is 28.5 Å². The van der Waals surface area contributed by atoms with Crippen LogP contribution in [0.5, 0.6) is 0 Å². The third kappa shape index (κ3) is 6.17. The van der Waals surface area contributed by atoms with Crippen molar-refractivity contribution >= 4 is 27.6 Å². The molecular formula is C20H28N2O5S. The van der Waals surface area contributed by atoms with Gasteiger partial charge >= 0.3 is 5.97 Å². The van der Waals surface area contributed by atoms with Gasteiger partial charge in [-0.3, -0.25) is 4.79 Å². The lowest BCUT2D eigenvalue weighted by Crippen LogP contribution is -2.38. The minimum Gasteiger partial charge on any atom is -0.452 e. The van der Waals surface area contributed by atoms with Crippen LogP contribution in [0, 0.1) is 0 Å². The van der Waals surface area contributed by atoms with E-state index in [-0.39, 0.29) is 10.9 Å². The summed E-state index contributed by atoms with van der Waals surface area (Å²) in [5.41, 5.74) is 1.21. The van der Waals surface area contributed by atoms with Crippen molar-refractivity contribution in [1.82, 2.24) is 4.31 Å². The summed E-state index contributed by atoms with van der Waals surface area (Å²) in [4.78, 5) is 23.5. The summed E-state index contributed by atoms with van der Waals surface area (Å²) in [7, 11) is -1.95. The van der Waals surface area contributed by atoms with E-state index in [9.17, 15) is 18.0 Å². The average molecular weight is 409 g/mol. The molecule has 0 bridgehead atoms. The first-order chi connectivity index (χ1) is 13.2. The van der Waals surface area contributed by atoms with Crippen LogP contribution >= 0.6 is 0 Å². The van der Waals surface area contributed by atoms with Crippen LogP contribution < -0.4 is 5.32 Å². The Labute approximate surface area is 166 Å². The molecule has 1 amide bonds. The van der Waals surface area contributed by atoms with E-state index in [1.54, 1.807) is 20.9 Å². The zero-order chi connectivity index (χ0) is 20.7. The topological polar surface area (TPSA) is 92.8 Å². The highest BCUT2D eigenvalue weighted by Crippen LogP contribution is 2.26. The van der Waals surface area contributed by atoms with Crippen LogP contribution in [0.3, 0.4) is 0 Å². The summed E-state index contributed by atoms with van der Waals surface area (Å²) in [6.45, 7) is 3.10. The molecule has 0 aromatic heterocycles. The van der Waals surface area contributed by atoms with Crippen LogP contribution in [0.15, 0.2) is 40.8 Å². The van der Waals surface area contributed by atoms with E-state index in [0.29, 0.717) is 5.69 Å². The molecule has 1 aromatic rings. The van der Waals surface area contributed by atoms with Crippen LogP contribution in [0.1, 0.15) is 46.0 Å². The second kappa shape index (κ2) is 9.84. The number of anilines is 1. The standard InChI is InChI=1S/C20H28N2O5S/c1-15(2)13-20(24)27-14-19(23)21-16-9-11-18(12-10-16)28(25,26)22(3)17-7-5-4-6-8-17/h9-13,17H,4-8,14H2,1-3H3,(H,21,23). The maximum absolute atomic E-state index is 12.8. The van der Waals surface area contributed by atoms with Gasteiger partial charge in [0.1, 0.15) is 0 Å². The molecule has 0 saturated heterocycles. The fraction of sp³-hybridized carbons (Fsp3) is 0.500. The Morgan fingerprint density at radius 2 is 1.75 bits per heavy atom. The smallest absolute Gasteiger partial charge is 0.331 e. The zero-order valence-electron chi connectivity index (χ0n) is 16.6. The largest absolute Gasteiger partial charge is 0.452 e. The van der Waals surface area contributed by atoms with Crippen molar-refractivity contribution in [3.63, 3.8) is 0 Å². The molecule has 0 spiro atoms. The first kappa shape index (κ1) is 22.1. The van der Waals surface area contributed by atoms with Crippen LogP contribution in [0.25, 0.3) is 0 Å². The van der Waals surface area contributed by atoms with Gasteiger partial charge in [0.15, 0.2) is 6.61 Å². The van der Waals surface area contributed by atoms with Gasteiger partial charge in [0, 0.05) is 24.9 Å². The number of nitrogens with one attached hydrogen (secondary N) is 1. The minimum atomic E-state index is -3.57. The summed E-state index contributed by atoms with van der Waals surface area (Å²) in [5, 5.41) is 2.58. The Bertz CT molecular complexity index is 821. The molecule has 1 saturated carbocycles. The van der Waals surface area contributed by atoms with Crippen LogP contribution in [-0.2, 0) is 24.3 Å². The highest BCUT2D eigenvalue weighted by Gasteiger charge is 2.28. The van der Waals surface area contributed by atoms with Crippen LogP contribution in [0.4, 0.5) is 5.69 Å². The van der Waals surface area contributed by atoms with E-state index in [1.807, 2.05) is 0 Å². The van der Waals surface area contributed by atoms with Gasteiger partial charge in [-0.25, -0.2) is 13.2 Å². The number of nitrogens with zero attached hydrogens (tertiary/aromatic N) is 1. The van der Waals surface area contributed by atoms with E-state index in [4.69, 9.17) is 4.74 Å². The van der Waals surface area contributed by atoms with Gasteiger partial charge in [0.05, 0.1) is 4.90 Å². The Morgan fingerprint density at radius 1 is 1.14 bits per heavy atom. The molecule has 154 valence electrons. The molecule has 0 atom stereocenters. The maximum Gasteiger partial charge on any atom is 0.331 e. The SMILES string of the molecule is CC(C)=CC(=O)OCC(=O)Nc1ccc(S(=O)(=O)N(C)C2CCCCC2)cc1. The molecule has 1 N–H and O–H groups in total. The first-order valence-corrected chi connectivity index (χ1v) is 10.8. The molecule has 1 aliphatic rings. The average Bonchev–Trinajstić information content (AvgIpc) is 2.66. The van der Waals surface area contributed by atoms with E-state index in [2.05, 4.69) is 5.32 Å². The fourth-order valence-corrected chi connectivity index (χ4v) is 4.54. The van der Waals surface area contributed by atoms with Crippen molar-refractivity contribution in [2.75, 3.05) is 19.0 Å². The molecule has 2 rings (SSSR count). The van der Waals surface area contributed by atoms with Gasteiger partial charge in [0.25, 0.3) is 5.91 Å². The first-order valence-electron chi connectivity index (χ1n) is 9.40. The number of sulfonamides is 1. The molecular weight excluding hydrogens is 380 g/mol. The van der Waals surface area contributed by atoms with Gasteiger partial charge in [-0.1, -0.05) is 24.8 Å². The number of hydrogen-bond donors (Lipinski definition) is 1. The van der Waals surface area contributed by atoms with Gasteiger partial charge in [-0.2, -0.15) is 4.31 Å². The Kier molecular flexibility index (Phi) is 7.77. The lowest BCUT2D eigenvalue weighted by molar-refractivity contribution is -0.142. The van der Waals surface area contributed by atoms with Crippen molar-refractivity contribution in [2.24, 2.45) is 0 Å². The third-order valence-corrected chi connectivity index (χ3v) is 6.58. The van der Waals surface area contributed by atoms with Crippen LogP contribution in [-0.4, -0.2) is 44.3 Å². The normalized spacial score (nSPS) is 15.1. The van der Waals surface area contributed by atoms with Crippen molar-refractivity contribution in [1.29, 1.82) is 0 Å². The second-order valence-electron chi connectivity index (χ2n) is 7.22. The fourth-order valence-electron chi connectivity index (χ4n) is 3.13. The predicted molar refractivity (Wildman–Crippen MR) is 107 cm³/mol. The van der Waals surface area contributed by atoms with Crippen molar-refractivity contribution in [3.05, 3.63) is 35.9 Å². The molecule has 1 fully saturated rings. The number of allylic oxidation sites excluding steroid dienone is 1. The maximum atomic E-state index is 12.8. The summed E-state index contributed by atoms with van der Waals surface area (Å²) < 4.78 is 31.9. The van der Waals surface area contributed by atoms with Crippen molar-refractivity contribution in [3.8, 4) is 0 Å². The van der Waals surface area contributed by atoms with Crippen molar-refractivity contribution < 1.29 is 22.7 Å². The van der Waals surface area contributed by atoms with Gasteiger partial charge in [-0.05, 0) is 51.0 Å². The summed E-state index contributed by atoms with van der Waals surface area (Å²) >= 11 is 0. The number of hydrogen-bond acceptors (Lipinski definition) is 5. The predicted octanol–water partition coefficient (Wildman–Crippen LogP) is 3.09. The number of ether oxygens (including phenoxy) is 1. The highest BCUT2D eigenvalue weighted by atomic mass is 32.2. The Morgan fingerprint density at radius 3 is 2.32 bits per heavy atom. The molecule has 0 radical (unpaired) electrons. The van der Waals surface area contributed by atoms with E-state index in [0.717, 1.165) is 37.7 Å². The second-order valence-corrected chi connectivity index (χ2v) is 9.21. The molecule has 28 heavy (non-hydrogen) atoms. The molecule has 0 heterocycles. The monoisotopic (exact) mass is 408 g/mol. The number of carbonyl (C=O) groups excluding carboxylic acids is 2. The van der Waals surface area contributed by atoms with Crippen molar-refractivity contribution in [2.45, 2.75) is 56.9 Å². The number of amides is 1. The molecule has 1 aromatic carbocycles. The lowest BCUT2D eigenvalue weighted by atomic mass is 9.96. The quantitative estimate of drug-likeness (QED) is 0.553. The number of rotatable bonds is 7. The number of carbonyl (C=O) groups is 2. The Balaban J connectivity index is 1.95. The van der Waals surface area contributed by atoms with E-state index >= 15 is 0 Å². The number of benzene rings is 1.